The molecule has 0 aliphatic rings. The highest BCUT2D eigenvalue weighted by atomic mass is 16.7. The first-order chi connectivity index (χ1) is 9.15. The van der Waals surface area contributed by atoms with Crippen LogP contribution in [0.3, 0.4) is 0 Å². The summed E-state index contributed by atoms with van der Waals surface area (Å²) < 4.78 is 10.3. The molecule has 0 atom stereocenters. The van der Waals surface area contributed by atoms with E-state index in [1.807, 2.05) is 24.3 Å². The van der Waals surface area contributed by atoms with Gasteiger partial charge in [0, 0.05) is 7.11 Å². The van der Waals surface area contributed by atoms with Crippen molar-refractivity contribution in [2.24, 2.45) is 0 Å². The Morgan fingerprint density at radius 1 is 1.26 bits per heavy atom. The lowest BCUT2D eigenvalue weighted by molar-refractivity contribution is -0.136. The van der Waals surface area contributed by atoms with Gasteiger partial charge in [-0.25, -0.2) is 5.48 Å². The zero-order valence-electron chi connectivity index (χ0n) is 11.6. The Morgan fingerprint density at radius 2 is 2.00 bits per heavy atom. The Balaban J connectivity index is 2.38. The Kier molecular flexibility index (Phi) is 6.92. The number of hydrogen-bond acceptors (Lipinski definition) is 4. The molecule has 5 heteroatoms. The van der Waals surface area contributed by atoms with Crippen LogP contribution in [0.1, 0.15) is 25.3 Å². The topological polar surface area (TPSA) is 56.8 Å². The number of para-hydroxylation sites is 1. The van der Waals surface area contributed by atoms with Crippen LogP contribution in [-0.2, 0) is 14.4 Å². The number of rotatable bonds is 8. The minimum Gasteiger partial charge on any atom is -0.483 e. The fraction of sp³-hybridized carbons (Fsp3) is 0.500. The van der Waals surface area contributed by atoms with E-state index in [0.717, 1.165) is 11.3 Å². The van der Waals surface area contributed by atoms with Gasteiger partial charge in [0.25, 0.3) is 5.91 Å². The zero-order valence-corrected chi connectivity index (χ0v) is 11.6. The minimum atomic E-state index is -0.324. The number of methoxy groups -OCH3 is 1. The number of ether oxygens (including phenoxy) is 2. The van der Waals surface area contributed by atoms with E-state index in [2.05, 4.69) is 19.3 Å². The van der Waals surface area contributed by atoms with Gasteiger partial charge in [0.05, 0.1) is 13.2 Å². The molecule has 0 heterocycles. The highest BCUT2D eigenvalue weighted by Gasteiger charge is 2.09. The van der Waals surface area contributed by atoms with Crippen LogP contribution in [-0.4, -0.2) is 32.8 Å². The van der Waals surface area contributed by atoms with Crippen LogP contribution in [0.5, 0.6) is 5.75 Å². The molecule has 0 spiro atoms. The maximum absolute atomic E-state index is 11.5. The predicted molar refractivity (Wildman–Crippen MR) is 72.0 cm³/mol. The second-order valence-corrected chi connectivity index (χ2v) is 4.35. The van der Waals surface area contributed by atoms with Crippen LogP contribution < -0.4 is 10.2 Å². The van der Waals surface area contributed by atoms with Crippen molar-refractivity contribution in [3.8, 4) is 5.75 Å². The fourth-order valence-corrected chi connectivity index (χ4v) is 1.52. The standard InChI is InChI=1S/C14H21NO4/c1-11(2)12-6-4-5-7-13(12)18-10-14(16)15-19-9-8-17-3/h4-7,11H,8-10H2,1-3H3,(H,15,16). The Bertz CT molecular complexity index is 393. The molecule has 0 aromatic heterocycles. The van der Waals surface area contributed by atoms with Gasteiger partial charge in [-0.05, 0) is 17.5 Å². The third-order valence-corrected chi connectivity index (χ3v) is 2.48. The van der Waals surface area contributed by atoms with E-state index < -0.39 is 0 Å². The van der Waals surface area contributed by atoms with Crippen molar-refractivity contribution in [2.45, 2.75) is 19.8 Å². The van der Waals surface area contributed by atoms with Crippen molar-refractivity contribution in [1.82, 2.24) is 5.48 Å². The molecule has 5 nitrogen and oxygen atoms in total. The number of carbonyl (C=O) groups is 1. The molecule has 0 fully saturated rings. The van der Waals surface area contributed by atoms with Crippen LogP contribution >= 0.6 is 0 Å². The summed E-state index contributed by atoms with van der Waals surface area (Å²) in [6.45, 7) is 4.82. The van der Waals surface area contributed by atoms with Crippen molar-refractivity contribution in [3.63, 3.8) is 0 Å². The van der Waals surface area contributed by atoms with E-state index in [1.165, 1.54) is 0 Å². The zero-order chi connectivity index (χ0) is 14.1. The van der Waals surface area contributed by atoms with E-state index in [-0.39, 0.29) is 12.5 Å². The van der Waals surface area contributed by atoms with Gasteiger partial charge in [0.2, 0.25) is 0 Å². The van der Waals surface area contributed by atoms with Crippen LogP contribution in [0, 0.1) is 0 Å². The molecule has 106 valence electrons. The van der Waals surface area contributed by atoms with Gasteiger partial charge in [-0.3, -0.25) is 9.63 Å². The lowest BCUT2D eigenvalue weighted by atomic mass is 10.0. The van der Waals surface area contributed by atoms with Crippen LogP contribution in [0.4, 0.5) is 0 Å². The lowest BCUT2D eigenvalue weighted by Crippen LogP contribution is -2.30. The fourth-order valence-electron chi connectivity index (χ4n) is 1.52. The van der Waals surface area contributed by atoms with Crippen LogP contribution in [0.2, 0.25) is 0 Å². The first-order valence-corrected chi connectivity index (χ1v) is 6.26. The number of benzene rings is 1. The van der Waals surface area contributed by atoms with E-state index in [4.69, 9.17) is 14.3 Å². The molecule has 0 radical (unpaired) electrons. The molecule has 0 saturated carbocycles. The molecule has 0 aliphatic heterocycles. The maximum atomic E-state index is 11.5. The Morgan fingerprint density at radius 3 is 2.68 bits per heavy atom. The minimum absolute atomic E-state index is 0.0727. The summed E-state index contributed by atoms with van der Waals surface area (Å²) in [4.78, 5) is 16.4. The average molecular weight is 267 g/mol. The van der Waals surface area contributed by atoms with Gasteiger partial charge in [0.15, 0.2) is 6.61 Å². The summed E-state index contributed by atoms with van der Waals surface area (Å²) in [6.07, 6.45) is 0. The first-order valence-electron chi connectivity index (χ1n) is 6.26. The summed E-state index contributed by atoms with van der Waals surface area (Å²) in [6, 6.07) is 7.69. The Labute approximate surface area is 113 Å². The monoisotopic (exact) mass is 267 g/mol. The van der Waals surface area contributed by atoms with Crippen molar-refractivity contribution in [2.75, 3.05) is 26.9 Å². The molecule has 1 aromatic carbocycles. The molecule has 1 amide bonds. The molecule has 0 unspecified atom stereocenters. The summed E-state index contributed by atoms with van der Waals surface area (Å²) >= 11 is 0. The van der Waals surface area contributed by atoms with Gasteiger partial charge in [0.1, 0.15) is 5.75 Å². The molecule has 1 aromatic rings. The second kappa shape index (κ2) is 8.50. The number of carbonyl (C=O) groups excluding carboxylic acids is 1. The summed E-state index contributed by atoms with van der Waals surface area (Å²) in [5.74, 6) is 0.747. The van der Waals surface area contributed by atoms with Gasteiger partial charge in [-0.1, -0.05) is 32.0 Å². The third kappa shape index (κ3) is 5.72. The van der Waals surface area contributed by atoms with Crippen molar-refractivity contribution in [1.29, 1.82) is 0 Å². The molecule has 0 aliphatic carbocycles. The van der Waals surface area contributed by atoms with E-state index in [0.29, 0.717) is 19.1 Å². The predicted octanol–water partition coefficient (Wildman–Crippen LogP) is 1.88. The first kappa shape index (κ1) is 15.5. The van der Waals surface area contributed by atoms with Gasteiger partial charge in [-0.15, -0.1) is 0 Å². The average Bonchev–Trinajstić information content (AvgIpc) is 2.41. The maximum Gasteiger partial charge on any atom is 0.281 e. The van der Waals surface area contributed by atoms with E-state index in [1.54, 1.807) is 7.11 Å². The molecule has 0 bridgehead atoms. The largest absolute Gasteiger partial charge is 0.483 e. The molecular weight excluding hydrogens is 246 g/mol. The van der Waals surface area contributed by atoms with E-state index in [9.17, 15) is 4.79 Å². The SMILES string of the molecule is COCCONC(=O)COc1ccccc1C(C)C. The Hall–Kier alpha value is -1.59. The van der Waals surface area contributed by atoms with Crippen molar-refractivity contribution >= 4 is 5.91 Å². The third-order valence-electron chi connectivity index (χ3n) is 2.48. The summed E-state index contributed by atoms with van der Waals surface area (Å²) in [5.41, 5.74) is 3.37. The quantitative estimate of drug-likeness (QED) is 0.577. The number of amides is 1. The molecule has 1 N–H and O–H groups in total. The van der Waals surface area contributed by atoms with Gasteiger partial charge in [-0.2, -0.15) is 0 Å². The van der Waals surface area contributed by atoms with Gasteiger partial charge < -0.3 is 9.47 Å². The lowest BCUT2D eigenvalue weighted by Gasteiger charge is -2.13. The molecule has 19 heavy (non-hydrogen) atoms. The molecule has 0 saturated heterocycles. The molecule has 1 rings (SSSR count). The second-order valence-electron chi connectivity index (χ2n) is 4.35. The van der Waals surface area contributed by atoms with Gasteiger partial charge >= 0.3 is 0 Å². The number of nitrogens with one attached hydrogen (secondary N) is 1. The van der Waals surface area contributed by atoms with Crippen molar-refractivity contribution < 1.29 is 19.1 Å². The van der Waals surface area contributed by atoms with E-state index >= 15 is 0 Å². The summed E-state index contributed by atoms with van der Waals surface area (Å²) in [5, 5.41) is 0. The normalized spacial score (nSPS) is 10.5. The highest BCUT2D eigenvalue weighted by Crippen LogP contribution is 2.25. The van der Waals surface area contributed by atoms with Crippen LogP contribution in [0.15, 0.2) is 24.3 Å². The highest BCUT2D eigenvalue weighted by molar-refractivity contribution is 5.76. The number of hydrogen-bond donors (Lipinski definition) is 1. The van der Waals surface area contributed by atoms with Crippen LogP contribution in [0.25, 0.3) is 0 Å². The van der Waals surface area contributed by atoms with Crippen molar-refractivity contribution in [3.05, 3.63) is 29.8 Å². The number of hydroxylamine groups is 1. The summed E-state index contributed by atoms with van der Waals surface area (Å²) in [7, 11) is 1.57. The molecular formula is C14H21NO4. The smallest absolute Gasteiger partial charge is 0.281 e.